The van der Waals surface area contributed by atoms with Gasteiger partial charge in [-0.3, -0.25) is 5.10 Å². The number of aromatic nitrogens is 2. The third kappa shape index (κ3) is 2.71. The highest BCUT2D eigenvalue weighted by Crippen LogP contribution is 2.21. The van der Waals surface area contributed by atoms with Crippen LogP contribution in [0.5, 0.6) is 0 Å². The maximum Gasteiger partial charge on any atom is 0.0924 e. The first-order valence-corrected chi connectivity index (χ1v) is 6.25. The summed E-state index contributed by atoms with van der Waals surface area (Å²) in [6.07, 6.45) is 0. The quantitative estimate of drug-likeness (QED) is 0.848. The van der Waals surface area contributed by atoms with Crippen LogP contribution in [0.3, 0.4) is 0 Å². The largest absolute Gasteiger partial charge is 0.375 e. The van der Waals surface area contributed by atoms with Gasteiger partial charge in [0.2, 0.25) is 0 Å². The van der Waals surface area contributed by atoms with E-state index in [2.05, 4.69) is 64.7 Å². The van der Waals surface area contributed by atoms with Crippen LogP contribution < -0.4 is 10.2 Å². The van der Waals surface area contributed by atoms with Crippen molar-refractivity contribution in [1.82, 2.24) is 15.5 Å². The molecule has 96 valence electrons. The van der Waals surface area contributed by atoms with Gasteiger partial charge in [-0.15, -0.1) is 0 Å². The summed E-state index contributed by atoms with van der Waals surface area (Å²) < 4.78 is 0. The summed E-state index contributed by atoms with van der Waals surface area (Å²) in [6.45, 7) is 3.96. The van der Waals surface area contributed by atoms with Crippen molar-refractivity contribution in [3.05, 3.63) is 36.0 Å². The number of anilines is 1. The molecular weight excluding hydrogens is 224 g/mol. The molecule has 2 aromatic rings. The maximum atomic E-state index is 4.32. The van der Waals surface area contributed by atoms with Crippen LogP contribution in [0.25, 0.3) is 11.3 Å². The molecule has 1 aromatic carbocycles. The molecule has 0 saturated heterocycles. The van der Waals surface area contributed by atoms with Crippen molar-refractivity contribution < 1.29 is 0 Å². The summed E-state index contributed by atoms with van der Waals surface area (Å²) in [7, 11) is 4.02. The summed E-state index contributed by atoms with van der Waals surface area (Å²) in [6, 6.07) is 10.6. The lowest BCUT2D eigenvalue weighted by Gasteiger charge is -2.16. The molecule has 0 aliphatic heterocycles. The fourth-order valence-corrected chi connectivity index (χ4v) is 1.86. The first-order chi connectivity index (χ1) is 8.74. The zero-order chi connectivity index (χ0) is 13.0. The van der Waals surface area contributed by atoms with Gasteiger partial charge < -0.3 is 10.2 Å². The first-order valence-electron chi connectivity index (χ1n) is 6.25. The Morgan fingerprint density at radius 3 is 2.61 bits per heavy atom. The average molecular weight is 244 g/mol. The Kier molecular flexibility index (Phi) is 3.99. The molecule has 2 N–H and O–H groups in total. The summed E-state index contributed by atoms with van der Waals surface area (Å²) in [5.41, 5.74) is 4.46. The minimum Gasteiger partial charge on any atom is -0.375 e. The number of hydrogen-bond acceptors (Lipinski definition) is 3. The topological polar surface area (TPSA) is 44.0 Å². The van der Waals surface area contributed by atoms with E-state index < -0.39 is 0 Å². The van der Waals surface area contributed by atoms with Crippen molar-refractivity contribution in [3.63, 3.8) is 0 Å². The predicted molar refractivity (Wildman–Crippen MR) is 75.7 cm³/mol. The molecule has 0 aliphatic rings. The molecule has 4 nitrogen and oxygen atoms in total. The van der Waals surface area contributed by atoms with E-state index in [1.165, 1.54) is 5.69 Å². The number of benzene rings is 1. The minimum atomic E-state index is 0.809. The van der Waals surface area contributed by atoms with Crippen LogP contribution in [0.1, 0.15) is 12.6 Å². The van der Waals surface area contributed by atoms with Crippen LogP contribution >= 0.6 is 0 Å². The third-order valence-corrected chi connectivity index (χ3v) is 3.08. The van der Waals surface area contributed by atoms with E-state index in [0.717, 1.165) is 30.0 Å². The van der Waals surface area contributed by atoms with Gasteiger partial charge in [-0.2, -0.15) is 5.10 Å². The van der Waals surface area contributed by atoms with E-state index in [9.17, 15) is 0 Å². The second-order valence-corrected chi connectivity index (χ2v) is 4.37. The summed E-state index contributed by atoms with van der Waals surface area (Å²) >= 11 is 0. The molecule has 1 heterocycles. The molecule has 0 amide bonds. The van der Waals surface area contributed by atoms with Crippen LogP contribution in [0.15, 0.2) is 30.3 Å². The van der Waals surface area contributed by atoms with Gasteiger partial charge >= 0.3 is 0 Å². The lowest BCUT2D eigenvalue weighted by atomic mass is 10.1. The standard InChI is InChI=1S/C14H20N4/c1-4-18(3)13-7-5-11(6-8-13)14-9-12(10-15-2)16-17-14/h5-9,15H,4,10H2,1-3H3,(H,16,17). The van der Waals surface area contributed by atoms with Crippen molar-refractivity contribution in [3.8, 4) is 11.3 Å². The molecule has 0 atom stereocenters. The van der Waals surface area contributed by atoms with Gasteiger partial charge in [-0.25, -0.2) is 0 Å². The van der Waals surface area contributed by atoms with Crippen molar-refractivity contribution in [2.75, 3.05) is 25.5 Å². The number of aromatic amines is 1. The Bertz CT molecular complexity index is 487. The van der Waals surface area contributed by atoms with E-state index in [0.29, 0.717) is 0 Å². The smallest absolute Gasteiger partial charge is 0.0924 e. The highest BCUT2D eigenvalue weighted by Gasteiger charge is 2.04. The van der Waals surface area contributed by atoms with Crippen molar-refractivity contribution in [2.24, 2.45) is 0 Å². The van der Waals surface area contributed by atoms with E-state index >= 15 is 0 Å². The molecule has 0 unspecified atom stereocenters. The Labute approximate surface area is 108 Å². The van der Waals surface area contributed by atoms with Crippen molar-refractivity contribution >= 4 is 5.69 Å². The SMILES string of the molecule is CCN(C)c1ccc(-c2cc(CNC)[nH]n2)cc1. The highest BCUT2D eigenvalue weighted by molar-refractivity contribution is 5.63. The molecule has 18 heavy (non-hydrogen) atoms. The molecule has 0 spiro atoms. The predicted octanol–water partition coefficient (Wildman–Crippen LogP) is 2.25. The third-order valence-electron chi connectivity index (χ3n) is 3.08. The molecule has 2 rings (SSSR count). The lowest BCUT2D eigenvalue weighted by molar-refractivity contribution is 0.784. The van der Waals surface area contributed by atoms with Crippen LogP contribution in [-0.2, 0) is 6.54 Å². The van der Waals surface area contributed by atoms with Gasteiger partial charge in [-0.1, -0.05) is 12.1 Å². The van der Waals surface area contributed by atoms with Crippen LogP contribution in [0.4, 0.5) is 5.69 Å². The Hall–Kier alpha value is -1.81. The molecule has 0 fully saturated rings. The van der Waals surface area contributed by atoms with Gasteiger partial charge in [0.05, 0.1) is 5.69 Å². The van der Waals surface area contributed by atoms with E-state index in [-0.39, 0.29) is 0 Å². The van der Waals surface area contributed by atoms with Gasteiger partial charge in [-0.05, 0) is 32.2 Å². The first kappa shape index (κ1) is 12.6. The Morgan fingerprint density at radius 2 is 2.00 bits per heavy atom. The number of rotatable bonds is 5. The van der Waals surface area contributed by atoms with E-state index in [4.69, 9.17) is 0 Å². The molecule has 0 radical (unpaired) electrons. The molecule has 0 bridgehead atoms. The van der Waals surface area contributed by atoms with Gasteiger partial charge in [0.25, 0.3) is 0 Å². The summed E-state index contributed by atoms with van der Waals surface area (Å²) in [4.78, 5) is 2.21. The zero-order valence-corrected chi connectivity index (χ0v) is 11.2. The van der Waals surface area contributed by atoms with Gasteiger partial charge in [0.1, 0.15) is 0 Å². The summed E-state index contributed by atoms with van der Waals surface area (Å²) in [5, 5.41) is 10.5. The van der Waals surface area contributed by atoms with E-state index in [1.54, 1.807) is 0 Å². The normalized spacial score (nSPS) is 10.6. The monoisotopic (exact) mass is 244 g/mol. The minimum absolute atomic E-state index is 0.809. The molecule has 4 heteroatoms. The average Bonchev–Trinajstić information content (AvgIpc) is 2.87. The number of H-pyrrole nitrogens is 1. The van der Waals surface area contributed by atoms with Crippen LogP contribution in [0.2, 0.25) is 0 Å². The molecular formula is C14H20N4. The second kappa shape index (κ2) is 5.69. The van der Waals surface area contributed by atoms with Gasteiger partial charge in [0, 0.05) is 37.1 Å². The van der Waals surface area contributed by atoms with Gasteiger partial charge in [0.15, 0.2) is 0 Å². The lowest BCUT2D eigenvalue weighted by Crippen LogP contribution is -2.15. The number of nitrogens with one attached hydrogen (secondary N) is 2. The fraction of sp³-hybridized carbons (Fsp3) is 0.357. The molecule has 1 aromatic heterocycles. The van der Waals surface area contributed by atoms with Crippen molar-refractivity contribution in [1.29, 1.82) is 0 Å². The molecule has 0 saturated carbocycles. The second-order valence-electron chi connectivity index (χ2n) is 4.37. The maximum absolute atomic E-state index is 4.32. The fourth-order valence-electron chi connectivity index (χ4n) is 1.86. The number of hydrogen-bond donors (Lipinski definition) is 2. The zero-order valence-electron chi connectivity index (χ0n) is 11.2. The Balaban J connectivity index is 2.17. The number of nitrogens with zero attached hydrogens (tertiary/aromatic N) is 2. The Morgan fingerprint density at radius 1 is 1.28 bits per heavy atom. The van der Waals surface area contributed by atoms with Crippen LogP contribution in [0, 0.1) is 0 Å². The summed E-state index contributed by atoms with van der Waals surface area (Å²) in [5.74, 6) is 0. The van der Waals surface area contributed by atoms with E-state index in [1.807, 2.05) is 7.05 Å². The highest BCUT2D eigenvalue weighted by atomic mass is 15.1. The molecule has 0 aliphatic carbocycles. The van der Waals surface area contributed by atoms with Crippen molar-refractivity contribution in [2.45, 2.75) is 13.5 Å². The van der Waals surface area contributed by atoms with Crippen LogP contribution in [-0.4, -0.2) is 30.8 Å².